The van der Waals surface area contributed by atoms with Gasteiger partial charge in [-0.15, -0.1) is 0 Å². The van der Waals surface area contributed by atoms with Gasteiger partial charge in [-0.05, 0) is 24.1 Å². The minimum Gasteiger partial charge on any atom is -0.328 e. The van der Waals surface area contributed by atoms with Crippen molar-refractivity contribution in [3.05, 3.63) is 29.6 Å². The van der Waals surface area contributed by atoms with Crippen LogP contribution in [0.5, 0.6) is 0 Å². The quantitative estimate of drug-likeness (QED) is 0.750. The Hall–Kier alpha value is -1.39. The van der Waals surface area contributed by atoms with Gasteiger partial charge in [0.2, 0.25) is 0 Å². The van der Waals surface area contributed by atoms with Gasteiger partial charge in [0.1, 0.15) is 5.82 Å². The lowest BCUT2D eigenvalue weighted by Crippen LogP contribution is -1.99. The highest BCUT2D eigenvalue weighted by molar-refractivity contribution is 5.77. The molecule has 0 radical (unpaired) electrons. The van der Waals surface area contributed by atoms with Gasteiger partial charge in [0.15, 0.2) is 0 Å². The second-order valence-electron chi connectivity index (χ2n) is 3.92. The fourth-order valence-electron chi connectivity index (χ4n) is 2.24. The molecule has 4 heteroatoms. The average Bonchev–Trinajstić information content (AvgIpc) is 2.78. The molecule has 2 aromatic rings. The predicted molar refractivity (Wildman–Crippen MR) is 57.0 cm³/mol. The van der Waals surface area contributed by atoms with Gasteiger partial charge in [0, 0.05) is 13.0 Å². The van der Waals surface area contributed by atoms with Crippen LogP contribution in [0.1, 0.15) is 17.8 Å². The number of fused-ring (bicyclic) bond motifs is 3. The molecule has 0 bridgehead atoms. The van der Waals surface area contributed by atoms with Crippen molar-refractivity contribution in [1.29, 1.82) is 0 Å². The highest BCUT2D eigenvalue weighted by Gasteiger charge is 2.15. The maximum absolute atomic E-state index is 5.07. The molecule has 1 aliphatic heterocycles. The lowest BCUT2D eigenvalue weighted by Gasteiger charge is -2.01. The second kappa shape index (κ2) is 3.32. The van der Waals surface area contributed by atoms with Crippen molar-refractivity contribution in [3.63, 3.8) is 0 Å². The monoisotopic (exact) mass is 203 g/mol. The van der Waals surface area contributed by atoms with E-state index in [1.807, 2.05) is 12.1 Å². The van der Waals surface area contributed by atoms with Gasteiger partial charge in [-0.25, -0.2) is 10.9 Å². The Bertz CT molecular complexity index is 504. The summed E-state index contributed by atoms with van der Waals surface area (Å²) < 4.78 is 2.29. The van der Waals surface area contributed by atoms with Gasteiger partial charge in [-0.3, -0.25) is 4.84 Å². The molecule has 2 heterocycles. The number of hydrogen-bond acceptors (Lipinski definition) is 3. The molecule has 0 atom stereocenters. The van der Waals surface area contributed by atoms with Crippen LogP contribution in [0, 0.1) is 0 Å². The van der Waals surface area contributed by atoms with Crippen molar-refractivity contribution in [2.75, 3.05) is 0 Å². The molecule has 0 saturated heterocycles. The molecule has 0 saturated carbocycles. The van der Waals surface area contributed by atoms with E-state index in [0.717, 1.165) is 24.0 Å². The third-order valence-corrected chi connectivity index (χ3v) is 2.92. The summed E-state index contributed by atoms with van der Waals surface area (Å²) in [7, 11) is 0. The van der Waals surface area contributed by atoms with Crippen molar-refractivity contribution in [2.45, 2.75) is 26.0 Å². The lowest BCUT2D eigenvalue weighted by molar-refractivity contribution is 0.124. The molecule has 0 amide bonds. The number of aromatic nitrogens is 2. The Labute approximate surface area is 87.6 Å². The van der Waals surface area contributed by atoms with Crippen LogP contribution in [0.2, 0.25) is 0 Å². The first-order valence-corrected chi connectivity index (χ1v) is 5.18. The number of nitrogens with two attached hydrogens (primary N) is 1. The largest absolute Gasteiger partial charge is 0.328 e. The summed E-state index contributed by atoms with van der Waals surface area (Å²) in [6, 6.07) is 6.16. The minimum atomic E-state index is 0.455. The molecule has 78 valence electrons. The van der Waals surface area contributed by atoms with Crippen LogP contribution < -0.4 is 5.90 Å². The van der Waals surface area contributed by atoms with Crippen LogP contribution in [0.4, 0.5) is 0 Å². The summed E-state index contributed by atoms with van der Waals surface area (Å²) >= 11 is 0. The molecule has 0 aliphatic carbocycles. The molecule has 4 nitrogen and oxygen atoms in total. The van der Waals surface area contributed by atoms with Crippen LogP contribution in [0.25, 0.3) is 11.0 Å². The normalized spacial score (nSPS) is 14.7. The summed E-state index contributed by atoms with van der Waals surface area (Å²) in [6.07, 6.45) is 2.30. The maximum Gasteiger partial charge on any atom is 0.109 e. The molecule has 1 aromatic heterocycles. The molecule has 2 N–H and O–H groups in total. The van der Waals surface area contributed by atoms with E-state index in [1.54, 1.807) is 0 Å². The summed E-state index contributed by atoms with van der Waals surface area (Å²) in [5.41, 5.74) is 3.38. The fourth-order valence-corrected chi connectivity index (χ4v) is 2.24. The Morgan fingerprint density at radius 3 is 3.27 bits per heavy atom. The SMILES string of the molecule is NOCc1ccc2nc3n(c2c1)CCC3. The van der Waals surface area contributed by atoms with E-state index in [4.69, 9.17) is 5.90 Å². The molecule has 1 aliphatic rings. The molecular formula is C11H13N3O. The van der Waals surface area contributed by atoms with Gasteiger partial charge in [0.25, 0.3) is 0 Å². The van der Waals surface area contributed by atoms with E-state index in [1.165, 1.54) is 17.8 Å². The van der Waals surface area contributed by atoms with E-state index >= 15 is 0 Å². The number of rotatable bonds is 2. The summed E-state index contributed by atoms with van der Waals surface area (Å²) in [5.74, 6) is 6.27. The van der Waals surface area contributed by atoms with Crippen molar-refractivity contribution in [1.82, 2.24) is 9.55 Å². The average molecular weight is 203 g/mol. The zero-order chi connectivity index (χ0) is 10.3. The minimum absolute atomic E-state index is 0.455. The van der Waals surface area contributed by atoms with Gasteiger partial charge in [-0.2, -0.15) is 0 Å². The molecule has 3 rings (SSSR count). The summed E-state index contributed by atoms with van der Waals surface area (Å²) in [5, 5.41) is 0. The van der Waals surface area contributed by atoms with Gasteiger partial charge >= 0.3 is 0 Å². The molecule has 1 aromatic carbocycles. The molecule has 0 fully saturated rings. The first kappa shape index (κ1) is 8.88. The highest BCUT2D eigenvalue weighted by Crippen LogP contribution is 2.23. The van der Waals surface area contributed by atoms with Gasteiger partial charge in [0.05, 0.1) is 17.6 Å². The molecule has 0 spiro atoms. The number of benzene rings is 1. The fraction of sp³-hybridized carbons (Fsp3) is 0.364. The van der Waals surface area contributed by atoms with Gasteiger partial charge in [-0.1, -0.05) is 6.07 Å². The lowest BCUT2D eigenvalue weighted by atomic mass is 10.2. The summed E-state index contributed by atoms with van der Waals surface area (Å²) in [6.45, 7) is 1.54. The summed E-state index contributed by atoms with van der Waals surface area (Å²) in [4.78, 5) is 9.23. The Kier molecular flexibility index (Phi) is 1.97. The van der Waals surface area contributed by atoms with E-state index < -0.39 is 0 Å². The zero-order valence-corrected chi connectivity index (χ0v) is 8.44. The van der Waals surface area contributed by atoms with E-state index in [0.29, 0.717) is 6.61 Å². The van der Waals surface area contributed by atoms with Crippen LogP contribution >= 0.6 is 0 Å². The first-order valence-electron chi connectivity index (χ1n) is 5.18. The van der Waals surface area contributed by atoms with Crippen LogP contribution in [-0.2, 0) is 24.4 Å². The highest BCUT2D eigenvalue weighted by atomic mass is 16.6. The van der Waals surface area contributed by atoms with E-state index in [9.17, 15) is 0 Å². The van der Waals surface area contributed by atoms with E-state index in [2.05, 4.69) is 20.5 Å². The van der Waals surface area contributed by atoms with Crippen molar-refractivity contribution >= 4 is 11.0 Å². The Balaban J connectivity index is 2.16. The Morgan fingerprint density at radius 1 is 1.47 bits per heavy atom. The Morgan fingerprint density at radius 2 is 2.40 bits per heavy atom. The first-order chi connectivity index (χ1) is 7.38. The van der Waals surface area contributed by atoms with Crippen LogP contribution in [-0.4, -0.2) is 9.55 Å². The number of imidazole rings is 1. The van der Waals surface area contributed by atoms with Crippen molar-refractivity contribution in [2.24, 2.45) is 5.90 Å². The topological polar surface area (TPSA) is 53.1 Å². The second-order valence-corrected chi connectivity index (χ2v) is 3.92. The van der Waals surface area contributed by atoms with Crippen molar-refractivity contribution in [3.8, 4) is 0 Å². The predicted octanol–water partition coefficient (Wildman–Crippen LogP) is 1.37. The molecular weight excluding hydrogens is 190 g/mol. The third-order valence-electron chi connectivity index (χ3n) is 2.92. The maximum atomic E-state index is 5.07. The molecule has 15 heavy (non-hydrogen) atoms. The number of hydrogen-bond donors (Lipinski definition) is 1. The van der Waals surface area contributed by atoms with E-state index in [-0.39, 0.29) is 0 Å². The van der Waals surface area contributed by atoms with Gasteiger partial charge < -0.3 is 4.57 Å². The van der Waals surface area contributed by atoms with Crippen molar-refractivity contribution < 1.29 is 4.84 Å². The third kappa shape index (κ3) is 1.33. The number of aryl methyl sites for hydroxylation is 2. The molecule has 0 unspecified atom stereocenters. The zero-order valence-electron chi connectivity index (χ0n) is 8.44. The standard InChI is InChI=1S/C11H13N3O/c12-15-7-8-3-4-9-10(6-8)14-5-1-2-11(14)13-9/h3-4,6H,1-2,5,7,12H2. The van der Waals surface area contributed by atoms with Crippen LogP contribution in [0.3, 0.4) is 0 Å². The van der Waals surface area contributed by atoms with Crippen LogP contribution in [0.15, 0.2) is 18.2 Å². The smallest absolute Gasteiger partial charge is 0.109 e. The number of nitrogens with zero attached hydrogens (tertiary/aromatic N) is 2.